The molecule has 0 unspecified atom stereocenters. The van der Waals surface area contributed by atoms with Gasteiger partial charge >= 0.3 is 6.18 Å². The second kappa shape index (κ2) is 5.17. The number of fused-ring (bicyclic) bond motifs is 4. The highest BCUT2D eigenvalue weighted by molar-refractivity contribution is 9.10. The van der Waals surface area contributed by atoms with Crippen LogP contribution in [0.15, 0.2) is 59.1 Å². The third-order valence-electron chi connectivity index (χ3n) is 4.30. The van der Waals surface area contributed by atoms with Gasteiger partial charge in [0.15, 0.2) is 23.0 Å². The van der Waals surface area contributed by atoms with E-state index >= 15 is 0 Å². The molecule has 3 nitrogen and oxygen atoms in total. The molecule has 3 aromatic carbocycles. The van der Waals surface area contributed by atoms with E-state index in [1.54, 1.807) is 29.2 Å². The Balaban J connectivity index is 1.81. The minimum Gasteiger partial charge on any atom is -0.453 e. The molecular weight excluding hydrogens is 411 g/mol. The van der Waals surface area contributed by atoms with E-state index in [0.29, 0.717) is 40.1 Å². The number of nitrogens with zero attached hydrogens (tertiary/aromatic N) is 1. The van der Waals surface area contributed by atoms with Gasteiger partial charge in [0.25, 0.3) is 0 Å². The van der Waals surface area contributed by atoms with Crippen LogP contribution in [0, 0.1) is 0 Å². The maximum absolute atomic E-state index is 13.2. The molecule has 0 fully saturated rings. The first-order valence-corrected chi connectivity index (χ1v) is 8.51. The fraction of sp³-hybridized carbons (Fsp3) is 0.0526. The van der Waals surface area contributed by atoms with Gasteiger partial charge in [-0.05, 0) is 42.5 Å². The normalized spacial score (nSPS) is 13.9. The van der Waals surface area contributed by atoms with Crippen LogP contribution in [0.4, 0.5) is 30.2 Å². The molecule has 26 heavy (non-hydrogen) atoms. The van der Waals surface area contributed by atoms with Crippen LogP contribution in [0.3, 0.4) is 0 Å². The lowest BCUT2D eigenvalue weighted by molar-refractivity contribution is -0.137. The van der Waals surface area contributed by atoms with Crippen molar-refractivity contribution in [3.63, 3.8) is 0 Å². The Bertz CT molecular complexity index is 1050. The van der Waals surface area contributed by atoms with Crippen LogP contribution in [0.1, 0.15) is 5.56 Å². The minimum absolute atomic E-state index is 0.326. The lowest BCUT2D eigenvalue weighted by atomic mass is 10.1. The van der Waals surface area contributed by atoms with Crippen LogP contribution in [-0.4, -0.2) is 0 Å². The van der Waals surface area contributed by atoms with Crippen molar-refractivity contribution < 1.29 is 22.6 Å². The molecule has 0 aromatic heterocycles. The molecular formula is C19H9BrF3NO2. The summed E-state index contributed by atoms with van der Waals surface area (Å²) in [5.74, 6) is 1.94. The van der Waals surface area contributed by atoms with Gasteiger partial charge in [-0.2, -0.15) is 13.2 Å². The number of anilines is 3. The first-order valence-electron chi connectivity index (χ1n) is 7.71. The second-order valence-electron chi connectivity index (χ2n) is 5.94. The number of para-hydroxylation sites is 2. The van der Waals surface area contributed by atoms with E-state index < -0.39 is 11.7 Å². The Morgan fingerprint density at radius 1 is 0.769 bits per heavy atom. The fourth-order valence-electron chi connectivity index (χ4n) is 3.22. The monoisotopic (exact) mass is 419 g/mol. The molecule has 0 radical (unpaired) electrons. The molecule has 0 spiro atoms. The minimum atomic E-state index is -4.44. The van der Waals surface area contributed by atoms with E-state index in [4.69, 9.17) is 9.47 Å². The van der Waals surface area contributed by atoms with Gasteiger partial charge in [-0.15, -0.1) is 0 Å². The smallest absolute Gasteiger partial charge is 0.416 e. The summed E-state index contributed by atoms with van der Waals surface area (Å²) in [5, 5.41) is 0. The number of halogens is 4. The summed E-state index contributed by atoms with van der Waals surface area (Å²) >= 11 is 3.42. The van der Waals surface area contributed by atoms with Gasteiger partial charge in [-0.3, -0.25) is 4.90 Å². The fourth-order valence-corrected chi connectivity index (χ4v) is 3.63. The topological polar surface area (TPSA) is 21.7 Å². The van der Waals surface area contributed by atoms with Crippen molar-refractivity contribution in [1.29, 1.82) is 0 Å². The Kier molecular flexibility index (Phi) is 3.10. The lowest BCUT2D eigenvalue weighted by Gasteiger charge is -2.38. The first kappa shape index (κ1) is 15.6. The summed E-state index contributed by atoms with van der Waals surface area (Å²) in [4.78, 5) is 1.75. The zero-order valence-electron chi connectivity index (χ0n) is 13.0. The van der Waals surface area contributed by atoms with E-state index in [2.05, 4.69) is 15.9 Å². The van der Waals surface area contributed by atoms with Crippen molar-refractivity contribution in [2.45, 2.75) is 6.18 Å². The standard InChI is InChI=1S/C19H9BrF3NO2/c20-11-8-16-18-17(9-11)26-15-6-5-10(19(21,22)23)7-13(15)24(18)12-3-1-2-4-14(12)25-16/h1-9H. The van der Waals surface area contributed by atoms with Crippen molar-refractivity contribution in [3.05, 3.63) is 64.6 Å². The van der Waals surface area contributed by atoms with Crippen LogP contribution in [0.5, 0.6) is 23.0 Å². The number of hydrogen-bond acceptors (Lipinski definition) is 3. The molecule has 130 valence electrons. The van der Waals surface area contributed by atoms with Crippen LogP contribution in [0.25, 0.3) is 0 Å². The summed E-state index contributed by atoms with van der Waals surface area (Å²) in [6.07, 6.45) is -4.44. The third-order valence-corrected chi connectivity index (χ3v) is 4.76. The van der Waals surface area contributed by atoms with E-state index in [1.807, 2.05) is 12.1 Å². The van der Waals surface area contributed by atoms with Gasteiger partial charge in [0.05, 0.1) is 16.9 Å². The molecule has 0 atom stereocenters. The maximum Gasteiger partial charge on any atom is 0.416 e. The van der Waals surface area contributed by atoms with E-state index in [1.165, 1.54) is 6.07 Å². The van der Waals surface area contributed by atoms with E-state index in [9.17, 15) is 13.2 Å². The second-order valence-corrected chi connectivity index (χ2v) is 6.85. The zero-order chi connectivity index (χ0) is 18.1. The molecule has 3 aromatic rings. The Morgan fingerprint density at radius 2 is 1.42 bits per heavy atom. The number of ether oxygens (including phenoxy) is 2. The predicted molar refractivity (Wildman–Crippen MR) is 94.0 cm³/mol. The highest BCUT2D eigenvalue weighted by Crippen LogP contribution is 2.60. The van der Waals surface area contributed by atoms with Gasteiger partial charge in [-0.25, -0.2) is 0 Å². The van der Waals surface area contributed by atoms with Crippen molar-refractivity contribution in [3.8, 4) is 23.0 Å². The van der Waals surface area contributed by atoms with Gasteiger partial charge in [0.1, 0.15) is 5.69 Å². The van der Waals surface area contributed by atoms with Gasteiger partial charge in [-0.1, -0.05) is 28.1 Å². The van der Waals surface area contributed by atoms with Crippen LogP contribution in [-0.2, 0) is 6.18 Å². The first-order chi connectivity index (χ1) is 12.4. The molecule has 2 aliphatic rings. The van der Waals surface area contributed by atoms with Crippen LogP contribution < -0.4 is 14.4 Å². The molecule has 0 bridgehead atoms. The zero-order valence-corrected chi connectivity index (χ0v) is 14.6. The molecule has 0 saturated carbocycles. The molecule has 0 saturated heterocycles. The highest BCUT2D eigenvalue weighted by atomic mass is 79.9. The van der Waals surface area contributed by atoms with Crippen molar-refractivity contribution >= 4 is 33.0 Å². The summed E-state index contributed by atoms with van der Waals surface area (Å²) in [5.41, 5.74) is 0.837. The van der Waals surface area contributed by atoms with Crippen molar-refractivity contribution in [2.24, 2.45) is 0 Å². The number of hydrogen-bond donors (Lipinski definition) is 0. The summed E-state index contributed by atoms with van der Waals surface area (Å²) in [7, 11) is 0. The maximum atomic E-state index is 13.2. The quantitative estimate of drug-likeness (QED) is 0.266. The Hall–Kier alpha value is -2.67. The molecule has 2 aliphatic heterocycles. The van der Waals surface area contributed by atoms with Gasteiger partial charge in [0, 0.05) is 4.47 Å². The summed E-state index contributed by atoms with van der Waals surface area (Å²) in [6, 6.07) is 14.2. The van der Waals surface area contributed by atoms with Gasteiger partial charge < -0.3 is 9.47 Å². The number of rotatable bonds is 0. The van der Waals surface area contributed by atoms with E-state index in [0.717, 1.165) is 16.6 Å². The van der Waals surface area contributed by atoms with Crippen molar-refractivity contribution in [2.75, 3.05) is 4.90 Å². The van der Waals surface area contributed by atoms with Crippen molar-refractivity contribution in [1.82, 2.24) is 0 Å². The molecule has 5 rings (SSSR count). The van der Waals surface area contributed by atoms with Crippen LogP contribution >= 0.6 is 15.9 Å². The average Bonchev–Trinajstić information content (AvgIpc) is 2.59. The number of alkyl halides is 3. The largest absolute Gasteiger partial charge is 0.453 e. The molecule has 0 N–H and O–H groups in total. The lowest BCUT2D eigenvalue weighted by Crippen LogP contribution is -2.21. The summed E-state index contributed by atoms with van der Waals surface area (Å²) in [6.45, 7) is 0. The van der Waals surface area contributed by atoms with Gasteiger partial charge in [0.2, 0.25) is 0 Å². The molecule has 0 amide bonds. The Morgan fingerprint density at radius 3 is 2.12 bits per heavy atom. The third kappa shape index (κ3) is 2.20. The SMILES string of the molecule is FC(F)(F)c1ccc2c(c1)N1c3ccccc3Oc3cc(Br)cc(c31)O2. The average molecular weight is 420 g/mol. The predicted octanol–water partition coefficient (Wildman–Crippen LogP) is 7.15. The number of benzene rings is 3. The molecule has 2 heterocycles. The molecule has 0 aliphatic carbocycles. The highest BCUT2D eigenvalue weighted by Gasteiger charge is 2.37. The van der Waals surface area contributed by atoms with E-state index in [-0.39, 0.29) is 0 Å². The molecule has 7 heteroatoms. The summed E-state index contributed by atoms with van der Waals surface area (Å²) < 4.78 is 52.3. The Labute approximate surface area is 154 Å². The van der Waals surface area contributed by atoms with Crippen LogP contribution in [0.2, 0.25) is 0 Å².